The van der Waals surface area contributed by atoms with Gasteiger partial charge in [-0.1, -0.05) is 31.9 Å². The zero-order valence-corrected chi connectivity index (χ0v) is 20.1. The molecule has 0 aliphatic heterocycles. The van der Waals surface area contributed by atoms with Crippen LogP contribution in [0.25, 0.3) is 22.2 Å². The zero-order chi connectivity index (χ0) is 23.9. The summed E-state index contributed by atoms with van der Waals surface area (Å²) in [7, 11) is 0. The van der Waals surface area contributed by atoms with Crippen molar-refractivity contribution in [2.45, 2.75) is 39.7 Å². The Morgan fingerprint density at radius 2 is 1.59 bits per heavy atom. The lowest BCUT2D eigenvalue weighted by molar-refractivity contribution is 0.313. The molecule has 3 N–H and O–H groups in total. The molecule has 0 aliphatic carbocycles. The number of hydrogen-bond acceptors (Lipinski definition) is 4. The minimum atomic E-state index is 0.244. The summed E-state index contributed by atoms with van der Waals surface area (Å²) in [6.45, 7) is 7.52. The maximum atomic E-state index is 10.1. The van der Waals surface area contributed by atoms with Gasteiger partial charge in [-0.25, -0.2) is 0 Å². The van der Waals surface area contributed by atoms with Crippen LogP contribution in [0.2, 0.25) is 0 Å². The molecule has 0 aliphatic rings. The number of fused-ring (bicyclic) bond motifs is 1. The van der Waals surface area contributed by atoms with E-state index in [9.17, 15) is 10.2 Å². The number of ether oxygens (including phenoxy) is 1. The molecule has 4 aromatic rings. The number of rotatable bonds is 11. The zero-order valence-electron chi connectivity index (χ0n) is 20.1. The molecule has 34 heavy (non-hydrogen) atoms. The van der Waals surface area contributed by atoms with Gasteiger partial charge < -0.3 is 24.8 Å². The van der Waals surface area contributed by atoms with Crippen LogP contribution in [0.1, 0.15) is 37.3 Å². The third kappa shape index (κ3) is 5.54. The molecule has 178 valence electrons. The van der Waals surface area contributed by atoms with Gasteiger partial charge >= 0.3 is 0 Å². The van der Waals surface area contributed by atoms with Crippen LogP contribution in [0.5, 0.6) is 17.2 Å². The largest absolute Gasteiger partial charge is 0.508 e. The molecule has 5 heteroatoms. The number of aromatic nitrogens is 1. The van der Waals surface area contributed by atoms with E-state index in [4.69, 9.17) is 4.74 Å². The molecule has 5 nitrogen and oxygen atoms in total. The summed E-state index contributed by atoms with van der Waals surface area (Å²) in [5.41, 5.74) is 5.43. The predicted octanol–water partition coefficient (Wildman–Crippen LogP) is 6.23. The van der Waals surface area contributed by atoms with Crippen molar-refractivity contribution in [3.8, 4) is 28.5 Å². The number of aryl methyl sites for hydroxylation is 1. The fourth-order valence-corrected chi connectivity index (χ4v) is 4.41. The van der Waals surface area contributed by atoms with Crippen molar-refractivity contribution in [1.29, 1.82) is 0 Å². The Kier molecular flexibility index (Phi) is 7.76. The fourth-order valence-electron chi connectivity index (χ4n) is 4.41. The van der Waals surface area contributed by atoms with Crippen molar-refractivity contribution >= 4 is 10.9 Å². The maximum absolute atomic E-state index is 10.1. The molecule has 1 aromatic heterocycles. The van der Waals surface area contributed by atoms with Crippen LogP contribution >= 0.6 is 0 Å². The van der Waals surface area contributed by atoms with Gasteiger partial charge in [-0.15, -0.1) is 0 Å². The van der Waals surface area contributed by atoms with Crippen LogP contribution in [-0.2, 0) is 6.54 Å². The Balaban J connectivity index is 1.51. The number of aromatic hydroxyl groups is 2. The average molecular weight is 459 g/mol. The highest BCUT2D eigenvalue weighted by Crippen LogP contribution is 2.36. The molecule has 0 radical (unpaired) electrons. The Bertz CT molecular complexity index is 1210. The lowest BCUT2D eigenvalue weighted by Crippen LogP contribution is -2.22. The highest BCUT2D eigenvalue weighted by atomic mass is 16.5. The van der Waals surface area contributed by atoms with E-state index < -0.39 is 0 Å². The first-order chi connectivity index (χ1) is 16.6. The Morgan fingerprint density at radius 3 is 2.32 bits per heavy atom. The van der Waals surface area contributed by atoms with E-state index >= 15 is 0 Å². The van der Waals surface area contributed by atoms with Gasteiger partial charge in [0, 0.05) is 24.0 Å². The highest BCUT2D eigenvalue weighted by molar-refractivity contribution is 5.92. The monoisotopic (exact) mass is 458 g/mol. The predicted molar refractivity (Wildman–Crippen MR) is 139 cm³/mol. The van der Waals surface area contributed by atoms with E-state index in [1.54, 1.807) is 18.2 Å². The van der Waals surface area contributed by atoms with Crippen LogP contribution in [0.3, 0.4) is 0 Å². The number of benzene rings is 3. The number of phenolic OH excluding ortho intramolecular Hbond substituents is 2. The van der Waals surface area contributed by atoms with Crippen molar-refractivity contribution in [3.05, 3.63) is 77.9 Å². The molecule has 0 saturated heterocycles. The SMILES string of the molecule is CCCCCNCCOc1ccc(Cn2c(-c3ccc(O)cc3)c(C)c3cc(O)ccc32)cc1. The topological polar surface area (TPSA) is 66.7 Å². The minimum Gasteiger partial charge on any atom is -0.508 e. The van der Waals surface area contributed by atoms with Crippen LogP contribution in [0, 0.1) is 6.92 Å². The summed E-state index contributed by atoms with van der Waals surface area (Å²) in [6.07, 6.45) is 3.72. The van der Waals surface area contributed by atoms with Crippen LogP contribution < -0.4 is 10.1 Å². The average Bonchev–Trinajstić information content (AvgIpc) is 3.10. The lowest BCUT2D eigenvalue weighted by Gasteiger charge is -2.13. The summed E-state index contributed by atoms with van der Waals surface area (Å²) >= 11 is 0. The van der Waals surface area contributed by atoms with Crippen LogP contribution in [0.15, 0.2) is 66.7 Å². The molecule has 0 saturated carbocycles. The van der Waals surface area contributed by atoms with E-state index in [0.717, 1.165) is 52.1 Å². The summed E-state index contributed by atoms with van der Waals surface area (Å²) < 4.78 is 8.16. The number of hydrogen-bond donors (Lipinski definition) is 3. The highest BCUT2D eigenvalue weighted by Gasteiger charge is 2.17. The maximum Gasteiger partial charge on any atom is 0.119 e. The molecular weight excluding hydrogens is 424 g/mol. The second-order valence-electron chi connectivity index (χ2n) is 8.76. The van der Waals surface area contributed by atoms with E-state index in [2.05, 4.69) is 35.9 Å². The summed E-state index contributed by atoms with van der Waals surface area (Å²) in [5.74, 6) is 1.37. The molecular formula is C29H34N2O3. The first-order valence-electron chi connectivity index (χ1n) is 12.1. The van der Waals surface area contributed by atoms with Crippen molar-refractivity contribution in [2.75, 3.05) is 19.7 Å². The van der Waals surface area contributed by atoms with Gasteiger partial charge in [0.25, 0.3) is 0 Å². The van der Waals surface area contributed by atoms with Gasteiger partial charge in [-0.3, -0.25) is 0 Å². The molecule has 4 rings (SSSR count). The smallest absolute Gasteiger partial charge is 0.119 e. The van der Waals surface area contributed by atoms with E-state index in [1.165, 1.54) is 19.3 Å². The van der Waals surface area contributed by atoms with E-state index in [1.807, 2.05) is 36.4 Å². The molecule has 0 bridgehead atoms. The Hall–Kier alpha value is -3.44. The Labute approximate surface area is 201 Å². The van der Waals surface area contributed by atoms with Gasteiger partial charge in [-0.05, 0) is 91.2 Å². The minimum absolute atomic E-state index is 0.244. The molecule has 0 amide bonds. The molecule has 0 fully saturated rings. The van der Waals surface area contributed by atoms with Crippen LogP contribution in [0.4, 0.5) is 0 Å². The van der Waals surface area contributed by atoms with Crippen molar-refractivity contribution in [2.24, 2.45) is 0 Å². The first kappa shape index (κ1) is 23.7. The normalized spacial score (nSPS) is 11.2. The molecule has 1 heterocycles. The van der Waals surface area contributed by atoms with Gasteiger partial charge in [0.1, 0.15) is 23.9 Å². The van der Waals surface area contributed by atoms with Gasteiger partial charge in [0.15, 0.2) is 0 Å². The van der Waals surface area contributed by atoms with Crippen LogP contribution in [-0.4, -0.2) is 34.5 Å². The lowest BCUT2D eigenvalue weighted by atomic mass is 10.1. The Morgan fingerprint density at radius 1 is 0.853 bits per heavy atom. The number of nitrogens with zero attached hydrogens (tertiary/aromatic N) is 1. The van der Waals surface area contributed by atoms with E-state index in [-0.39, 0.29) is 11.5 Å². The molecule has 0 spiro atoms. The van der Waals surface area contributed by atoms with Gasteiger partial charge in [-0.2, -0.15) is 0 Å². The number of nitrogens with one attached hydrogen (secondary N) is 1. The molecule has 0 unspecified atom stereocenters. The number of phenols is 2. The molecule has 0 atom stereocenters. The van der Waals surface area contributed by atoms with Crippen molar-refractivity contribution < 1.29 is 14.9 Å². The quantitative estimate of drug-likeness (QED) is 0.233. The third-order valence-electron chi connectivity index (χ3n) is 6.21. The van der Waals surface area contributed by atoms with Crippen molar-refractivity contribution in [3.63, 3.8) is 0 Å². The summed E-state index contributed by atoms with van der Waals surface area (Å²) in [6, 6.07) is 21.0. The second-order valence-corrected chi connectivity index (χ2v) is 8.76. The summed E-state index contributed by atoms with van der Waals surface area (Å²) in [4.78, 5) is 0. The van der Waals surface area contributed by atoms with Crippen molar-refractivity contribution in [1.82, 2.24) is 9.88 Å². The van der Waals surface area contributed by atoms with Gasteiger partial charge in [0.2, 0.25) is 0 Å². The fraction of sp³-hybridized carbons (Fsp3) is 0.310. The second kappa shape index (κ2) is 11.1. The molecule has 3 aromatic carbocycles. The van der Waals surface area contributed by atoms with Gasteiger partial charge in [0.05, 0.1) is 5.69 Å². The number of unbranched alkanes of at least 4 members (excludes halogenated alkanes) is 2. The third-order valence-corrected chi connectivity index (χ3v) is 6.21. The van der Waals surface area contributed by atoms with E-state index in [0.29, 0.717) is 13.2 Å². The summed E-state index contributed by atoms with van der Waals surface area (Å²) in [5, 5.41) is 24.3. The first-order valence-corrected chi connectivity index (χ1v) is 12.1. The standard InChI is InChI=1S/C29H34N2O3/c1-3-4-5-16-30-17-18-34-26-13-6-22(7-14-26)20-31-28-15-12-25(33)19-27(28)21(2)29(31)23-8-10-24(32)11-9-23/h6-15,19,30,32-33H,3-5,16-18,20H2,1-2H3.